The van der Waals surface area contributed by atoms with Crippen molar-refractivity contribution >= 4 is 11.5 Å². The summed E-state index contributed by atoms with van der Waals surface area (Å²) in [7, 11) is 0. The van der Waals surface area contributed by atoms with Gasteiger partial charge in [0.1, 0.15) is 23.2 Å². The number of hydrogen-bond acceptors (Lipinski definition) is 4. The van der Waals surface area contributed by atoms with Gasteiger partial charge in [-0.05, 0) is 18.2 Å². The van der Waals surface area contributed by atoms with E-state index in [-0.39, 0.29) is 6.07 Å². The average Bonchev–Trinajstić information content (AvgIpc) is 2.45. The van der Waals surface area contributed by atoms with Crippen LogP contribution in [0.3, 0.4) is 0 Å². The van der Waals surface area contributed by atoms with E-state index in [1.165, 1.54) is 26.8 Å². The number of alkyl halides is 5. The van der Waals surface area contributed by atoms with Gasteiger partial charge >= 0.3 is 12.8 Å². The first-order valence-electron chi connectivity index (χ1n) is 6.83. The molecular formula is C16H14F5NO3. The lowest BCUT2D eigenvalue weighted by atomic mass is 9.85. The molecular weight excluding hydrogens is 349 g/mol. The van der Waals surface area contributed by atoms with Crippen LogP contribution in [0.15, 0.2) is 23.8 Å². The van der Waals surface area contributed by atoms with E-state index in [0.717, 1.165) is 6.07 Å². The molecule has 1 aromatic carbocycles. The van der Waals surface area contributed by atoms with E-state index in [2.05, 4.69) is 4.74 Å². The molecule has 0 amide bonds. The highest BCUT2D eigenvalue weighted by atomic mass is 19.4. The molecule has 0 aliphatic carbocycles. The van der Waals surface area contributed by atoms with Crippen LogP contribution in [0.1, 0.15) is 31.9 Å². The number of carbonyl (C=O) groups is 1. The molecule has 0 atom stereocenters. The highest BCUT2D eigenvalue weighted by Crippen LogP contribution is 2.38. The third-order valence-corrected chi connectivity index (χ3v) is 3.03. The van der Waals surface area contributed by atoms with Gasteiger partial charge in [0.2, 0.25) is 0 Å². The maximum absolute atomic E-state index is 13.2. The summed E-state index contributed by atoms with van der Waals surface area (Å²) >= 11 is 0. The molecule has 25 heavy (non-hydrogen) atoms. The molecule has 0 aliphatic heterocycles. The Morgan fingerprint density at radius 3 is 2.20 bits per heavy atom. The van der Waals surface area contributed by atoms with Crippen LogP contribution in [0.5, 0.6) is 5.75 Å². The Bertz CT molecular complexity index is 740. The summed E-state index contributed by atoms with van der Waals surface area (Å²) in [6, 6.07) is 3.08. The van der Waals surface area contributed by atoms with Gasteiger partial charge in [0.05, 0.1) is 5.56 Å². The Kier molecular flexibility index (Phi) is 5.79. The van der Waals surface area contributed by atoms with Crippen molar-refractivity contribution in [2.24, 2.45) is 5.41 Å². The number of allylic oxidation sites excluding steroid dienone is 1. The van der Waals surface area contributed by atoms with Crippen LogP contribution in [-0.2, 0) is 11.0 Å². The van der Waals surface area contributed by atoms with Crippen LogP contribution in [0.25, 0.3) is 5.76 Å². The summed E-state index contributed by atoms with van der Waals surface area (Å²) in [6.45, 7) is 0.923. The van der Waals surface area contributed by atoms with Crippen molar-refractivity contribution < 1.29 is 36.6 Å². The molecule has 0 saturated heterocycles. The van der Waals surface area contributed by atoms with Crippen molar-refractivity contribution in [2.45, 2.75) is 33.6 Å². The number of ketones is 1. The Labute approximate surface area is 140 Å². The second kappa shape index (κ2) is 7.09. The lowest BCUT2D eigenvalue weighted by Crippen LogP contribution is -2.23. The molecule has 0 bridgehead atoms. The number of aliphatic hydroxyl groups excluding tert-OH is 1. The molecule has 1 N–H and O–H groups in total. The molecule has 0 aromatic heterocycles. The third-order valence-electron chi connectivity index (χ3n) is 3.03. The number of rotatable bonds is 4. The van der Waals surface area contributed by atoms with Crippen molar-refractivity contribution in [3.63, 3.8) is 0 Å². The zero-order chi connectivity index (χ0) is 19.6. The Balaban J connectivity index is 3.62. The summed E-state index contributed by atoms with van der Waals surface area (Å²) in [5, 5.41) is 19.1. The fourth-order valence-corrected chi connectivity index (χ4v) is 1.86. The zero-order valence-electron chi connectivity index (χ0n) is 13.4. The molecule has 0 spiro atoms. The van der Waals surface area contributed by atoms with E-state index in [0.29, 0.717) is 6.07 Å². The normalized spacial score (nSPS) is 13.3. The van der Waals surface area contributed by atoms with Crippen LogP contribution in [0.4, 0.5) is 22.0 Å². The summed E-state index contributed by atoms with van der Waals surface area (Å²) < 4.78 is 67.8. The number of nitrogens with zero attached hydrogens (tertiary/aromatic N) is 1. The van der Waals surface area contributed by atoms with Crippen molar-refractivity contribution in [2.75, 3.05) is 0 Å². The number of carbonyl (C=O) groups excluding carboxylic acids is 1. The fraction of sp³-hybridized carbons (Fsp3) is 0.375. The first-order valence-corrected chi connectivity index (χ1v) is 6.83. The lowest BCUT2D eigenvalue weighted by Gasteiger charge is -2.18. The molecule has 136 valence electrons. The third kappa shape index (κ3) is 4.92. The Hall–Kier alpha value is -2.63. The monoisotopic (exact) mass is 363 g/mol. The molecule has 0 heterocycles. The summed E-state index contributed by atoms with van der Waals surface area (Å²) in [5.41, 5.74) is -4.39. The largest absolute Gasteiger partial charge is 0.506 e. The van der Waals surface area contributed by atoms with Gasteiger partial charge in [0, 0.05) is 11.0 Å². The molecule has 0 radical (unpaired) electrons. The van der Waals surface area contributed by atoms with Crippen LogP contribution in [0.2, 0.25) is 0 Å². The first kappa shape index (κ1) is 20.4. The number of Topliss-reactive ketones (excluding diaryl/α,β-unsaturated/α-hetero) is 1. The van der Waals surface area contributed by atoms with Crippen molar-refractivity contribution in [1.29, 1.82) is 5.26 Å². The number of halogens is 5. The molecule has 1 rings (SSSR count). The van der Waals surface area contributed by atoms with Crippen LogP contribution in [-0.4, -0.2) is 17.5 Å². The van der Waals surface area contributed by atoms with E-state index in [1.54, 1.807) is 0 Å². The second-order valence-corrected chi connectivity index (χ2v) is 6.00. The number of aliphatic hydroxyl groups is 1. The standard InChI is InChI=1S/C16H14F5NO3/c1-15(2,3)13(24)10(7-22)12(23)9-5-4-8(25-14(17)18)6-11(9)16(19,20)21/h4-6,14,23H,1-3H3. The Morgan fingerprint density at radius 1 is 1.24 bits per heavy atom. The van der Waals surface area contributed by atoms with Crippen molar-refractivity contribution in [3.8, 4) is 11.8 Å². The van der Waals surface area contributed by atoms with Crippen LogP contribution in [0, 0.1) is 16.7 Å². The lowest BCUT2D eigenvalue weighted by molar-refractivity contribution is -0.138. The predicted octanol–water partition coefficient (Wildman–Crippen LogP) is 4.71. The van der Waals surface area contributed by atoms with E-state index in [9.17, 15) is 31.9 Å². The quantitative estimate of drug-likeness (QED) is 0.364. The summed E-state index contributed by atoms with van der Waals surface area (Å²) in [5.74, 6) is -2.83. The molecule has 0 fully saturated rings. The topological polar surface area (TPSA) is 70.3 Å². The molecule has 9 heteroatoms. The van der Waals surface area contributed by atoms with Crippen LogP contribution >= 0.6 is 0 Å². The summed E-state index contributed by atoms with van der Waals surface area (Å²) in [6.07, 6.45) is -5.05. The van der Waals surface area contributed by atoms with E-state index in [1.807, 2.05) is 0 Å². The maximum atomic E-state index is 13.2. The van der Waals surface area contributed by atoms with Gasteiger partial charge in [-0.2, -0.15) is 27.2 Å². The SMILES string of the molecule is CC(C)(C)C(=O)C(C#N)=C(O)c1ccc(OC(F)F)cc1C(F)(F)F. The highest BCUT2D eigenvalue weighted by molar-refractivity contribution is 6.07. The zero-order valence-corrected chi connectivity index (χ0v) is 13.4. The van der Waals surface area contributed by atoms with E-state index < -0.39 is 52.2 Å². The number of ether oxygens (including phenoxy) is 1. The minimum absolute atomic E-state index is 0.258. The summed E-state index contributed by atoms with van der Waals surface area (Å²) in [4.78, 5) is 12.1. The predicted molar refractivity (Wildman–Crippen MR) is 77.7 cm³/mol. The number of benzene rings is 1. The average molecular weight is 363 g/mol. The fourth-order valence-electron chi connectivity index (χ4n) is 1.86. The number of hydrogen-bond donors (Lipinski definition) is 1. The van der Waals surface area contributed by atoms with Gasteiger partial charge < -0.3 is 9.84 Å². The first-order chi connectivity index (χ1) is 11.3. The van der Waals surface area contributed by atoms with Gasteiger partial charge in [0.15, 0.2) is 5.78 Å². The van der Waals surface area contributed by atoms with E-state index in [4.69, 9.17) is 5.26 Å². The molecule has 4 nitrogen and oxygen atoms in total. The Morgan fingerprint density at radius 2 is 1.80 bits per heavy atom. The van der Waals surface area contributed by atoms with Gasteiger partial charge in [-0.3, -0.25) is 4.79 Å². The van der Waals surface area contributed by atoms with Crippen LogP contribution < -0.4 is 4.74 Å². The van der Waals surface area contributed by atoms with Gasteiger partial charge in [-0.25, -0.2) is 0 Å². The van der Waals surface area contributed by atoms with Crippen molar-refractivity contribution in [1.82, 2.24) is 0 Å². The minimum Gasteiger partial charge on any atom is -0.506 e. The van der Waals surface area contributed by atoms with Crippen molar-refractivity contribution in [3.05, 3.63) is 34.9 Å². The smallest absolute Gasteiger partial charge is 0.417 e. The molecule has 1 aromatic rings. The molecule has 0 unspecified atom stereocenters. The minimum atomic E-state index is -5.05. The molecule has 0 aliphatic rings. The highest BCUT2D eigenvalue weighted by Gasteiger charge is 2.37. The molecule has 0 saturated carbocycles. The van der Waals surface area contributed by atoms with Gasteiger partial charge in [-0.1, -0.05) is 20.8 Å². The maximum Gasteiger partial charge on any atom is 0.417 e. The van der Waals surface area contributed by atoms with Gasteiger partial charge in [-0.15, -0.1) is 0 Å². The number of nitriles is 1. The van der Waals surface area contributed by atoms with E-state index >= 15 is 0 Å². The second-order valence-electron chi connectivity index (χ2n) is 6.00. The van der Waals surface area contributed by atoms with Gasteiger partial charge in [0.25, 0.3) is 0 Å².